The second kappa shape index (κ2) is 4.76. The van der Waals surface area contributed by atoms with Gasteiger partial charge in [0.1, 0.15) is 10.0 Å². The summed E-state index contributed by atoms with van der Waals surface area (Å²) in [5.41, 5.74) is 0. The number of hydrogen-bond acceptors (Lipinski definition) is 4. The molecule has 2 rings (SSSR count). The lowest BCUT2D eigenvalue weighted by molar-refractivity contribution is 0.579. The first-order valence-corrected chi connectivity index (χ1v) is 8.22. The van der Waals surface area contributed by atoms with Gasteiger partial charge in [0.05, 0.1) is 0 Å². The summed E-state index contributed by atoms with van der Waals surface area (Å²) in [7, 11) is -3.46. The van der Waals surface area contributed by atoms with Crippen molar-refractivity contribution in [2.75, 3.05) is 12.8 Å². The van der Waals surface area contributed by atoms with E-state index in [2.05, 4.69) is 9.71 Å². The second-order valence-corrected chi connectivity index (χ2v) is 7.46. The van der Waals surface area contributed by atoms with Crippen LogP contribution in [0.2, 0.25) is 5.15 Å². The highest BCUT2D eigenvalue weighted by molar-refractivity contribution is 8.00. The summed E-state index contributed by atoms with van der Waals surface area (Å²) in [4.78, 5) is 3.92. The Kier molecular flexibility index (Phi) is 3.68. The highest BCUT2D eigenvalue weighted by Gasteiger charge is 2.42. The van der Waals surface area contributed by atoms with Gasteiger partial charge in [-0.3, -0.25) is 0 Å². The topological polar surface area (TPSA) is 59.1 Å². The number of halogens is 1. The molecule has 0 atom stereocenters. The van der Waals surface area contributed by atoms with E-state index in [9.17, 15) is 8.42 Å². The monoisotopic (exact) mass is 292 g/mol. The van der Waals surface area contributed by atoms with Crippen LogP contribution in [-0.4, -0.2) is 30.9 Å². The van der Waals surface area contributed by atoms with E-state index in [1.165, 1.54) is 18.3 Å². The van der Waals surface area contributed by atoms with Gasteiger partial charge in [-0.2, -0.15) is 11.8 Å². The molecule has 0 aromatic carbocycles. The smallest absolute Gasteiger partial charge is 0.242 e. The van der Waals surface area contributed by atoms with Crippen LogP contribution in [0, 0.1) is 0 Å². The van der Waals surface area contributed by atoms with Crippen molar-refractivity contribution in [3.63, 3.8) is 0 Å². The number of nitrogens with zero attached hydrogens (tertiary/aromatic N) is 1. The van der Waals surface area contributed by atoms with E-state index < -0.39 is 10.0 Å². The van der Waals surface area contributed by atoms with E-state index in [-0.39, 0.29) is 14.8 Å². The van der Waals surface area contributed by atoms with Gasteiger partial charge >= 0.3 is 0 Å². The number of thioether (sulfide) groups is 1. The SMILES string of the molecule is CSC1(CNS(=O)(=O)c2ccc(Cl)nc2)CC1. The van der Waals surface area contributed by atoms with E-state index in [0.717, 1.165) is 12.8 Å². The first-order valence-electron chi connectivity index (χ1n) is 5.14. The lowest BCUT2D eigenvalue weighted by atomic mass is 10.4. The molecular formula is C10H13ClN2O2S2. The standard InChI is InChI=1S/C10H13ClN2O2S2/c1-16-10(4-5-10)7-13-17(14,15)8-2-3-9(11)12-6-8/h2-3,6,13H,4-5,7H2,1H3. The van der Waals surface area contributed by atoms with E-state index >= 15 is 0 Å². The van der Waals surface area contributed by atoms with Crippen molar-refractivity contribution in [2.45, 2.75) is 22.5 Å². The molecule has 1 aromatic rings. The number of aromatic nitrogens is 1. The van der Waals surface area contributed by atoms with Crippen molar-refractivity contribution in [3.8, 4) is 0 Å². The third-order valence-electron chi connectivity index (χ3n) is 2.84. The molecule has 7 heteroatoms. The van der Waals surface area contributed by atoms with E-state index in [4.69, 9.17) is 11.6 Å². The Bertz CT molecular complexity index is 498. The summed E-state index contributed by atoms with van der Waals surface area (Å²) in [5, 5.41) is 0.284. The predicted molar refractivity (Wildman–Crippen MR) is 69.9 cm³/mol. The minimum atomic E-state index is -3.46. The summed E-state index contributed by atoms with van der Waals surface area (Å²) >= 11 is 7.33. The molecule has 17 heavy (non-hydrogen) atoms. The van der Waals surface area contributed by atoms with Crippen LogP contribution in [0.15, 0.2) is 23.2 Å². The fraction of sp³-hybridized carbons (Fsp3) is 0.500. The third-order valence-corrected chi connectivity index (χ3v) is 5.86. The highest BCUT2D eigenvalue weighted by Crippen LogP contribution is 2.46. The van der Waals surface area contributed by atoms with E-state index in [0.29, 0.717) is 6.54 Å². The van der Waals surface area contributed by atoms with Crippen LogP contribution in [0.3, 0.4) is 0 Å². The molecular weight excluding hydrogens is 280 g/mol. The van der Waals surface area contributed by atoms with Crippen molar-refractivity contribution in [2.24, 2.45) is 0 Å². The number of pyridine rings is 1. The first-order chi connectivity index (χ1) is 7.97. The highest BCUT2D eigenvalue weighted by atomic mass is 35.5. The number of sulfonamides is 1. The Labute approximate surface area is 110 Å². The summed E-state index contributed by atoms with van der Waals surface area (Å²) in [5.74, 6) is 0. The zero-order valence-corrected chi connectivity index (χ0v) is 11.7. The molecule has 1 heterocycles. The Morgan fingerprint density at radius 1 is 1.53 bits per heavy atom. The Hall–Kier alpha value is -0.300. The zero-order valence-electron chi connectivity index (χ0n) is 9.31. The van der Waals surface area contributed by atoms with Crippen LogP contribution in [0.25, 0.3) is 0 Å². The summed E-state index contributed by atoms with van der Waals surface area (Å²) in [6.45, 7) is 0.471. The van der Waals surface area contributed by atoms with Gasteiger partial charge in [-0.05, 0) is 31.2 Å². The minimum Gasteiger partial charge on any atom is -0.243 e. The summed E-state index contributed by atoms with van der Waals surface area (Å²) in [6.07, 6.45) is 5.40. The molecule has 1 aliphatic carbocycles. The molecule has 0 aliphatic heterocycles. The van der Waals surface area contributed by atoms with Gasteiger partial charge in [0.25, 0.3) is 0 Å². The maximum absolute atomic E-state index is 11.9. The number of hydrogen-bond donors (Lipinski definition) is 1. The van der Waals surface area contributed by atoms with Crippen LogP contribution in [0.5, 0.6) is 0 Å². The van der Waals surface area contributed by atoms with Gasteiger partial charge in [-0.1, -0.05) is 11.6 Å². The average molecular weight is 293 g/mol. The number of nitrogens with one attached hydrogen (secondary N) is 1. The molecule has 4 nitrogen and oxygen atoms in total. The van der Waals surface area contributed by atoms with Gasteiger partial charge in [-0.15, -0.1) is 0 Å². The predicted octanol–water partition coefficient (Wildman–Crippen LogP) is 1.91. The molecule has 0 amide bonds. The Morgan fingerprint density at radius 3 is 2.71 bits per heavy atom. The van der Waals surface area contributed by atoms with E-state index in [1.807, 2.05) is 6.26 Å². The van der Waals surface area contributed by atoms with Crippen molar-refractivity contribution in [3.05, 3.63) is 23.5 Å². The normalized spacial score (nSPS) is 18.0. The van der Waals surface area contributed by atoms with Crippen molar-refractivity contribution >= 4 is 33.4 Å². The van der Waals surface area contributed by atoms with Crippen molar-refractivity contribution < 1.29 is 8.42 Å². The van der Waals surface area contributed by atoms with Gasteiger partial charge in [0.2, 0.25) is 10.0 Å². The minimum absolute atomic E-state index is 0.104. The molecule has 0 saturated heterocycles. The zero-order chi connectivity index (χ0) is 12.5. The Balaban J connectivity index is 2.06. The largest absolute Gasteiger partial charge is 0.243 e. The third kappa shape index (κ3) is 3.13. The molecule has 0 radical (unpaired) electrons. The average Bonchev–Trinajstić information content (AvgIpc) is 3.08. The molecule has 1 fully saturated rings. The van der Waals surface area contributed by atoms with Gasteiger partial charge < -0.3 is 0 Å². The maximum atomic E-state index is 11.9. The maximum Gasteiger partial charge on any atom is 0.242 e. The molecule has 1 aromatic heterocycles. The summed E-state index contributed by atoms with van der Waals surface area (Å²) in [6, 6.07) is 2.92. The summed E-state index contributed by atoms with van der Waals surface area (Å²) < 4.78 is 26.6. The fourth-order valence-corrected chi connectivity index (χ4v) is 3.43. The van der Waals surface area contributed by atoms with E-state index in [1.54, 1.807) is 11.8 Å². The van der Waals surface area contributed by atoms with Crippen LogP contribution in [-0.2, 0) is 10.0 Å². The quantitative estimate of drug-likeness (QED) is 0.842. The lowest BCUT2D eigenvalue weighted by Crippen LogP contribution is -2.31. The van der Waals surface area contributed by atoms with Crippen LogP contribution in [0.4, 0.5) is 0 Å². The molecule has 94 valence electrons. The molecule has 0 bridgehead atoms. The first kappa shape index (κ1) is 13.1. The molecule has 0 spiro atoms. The molecule has 1 aliphatic rings. The van der Waals surface area contributed by atoms with Gasteiger partial charge in [0.15, 0.2) is 0 Å². The van der Waals surface area contributed by atoms with Crippen LogP contribution >= 0.6 is 23.4 Å². The Morgan fingerprint density at radius 2 is 2.24 bits per heavy atom. The van der Waals surface area contributed by atoms with Crippen LogP contribution < -0.4 is 4.72 Å². The molecule has 0 unspecified atom stereocenters. The fourth-order valence-electron chi connectivity index (χ4n) is 1.42. The molecule has 1 saturated carbocycles. The van der Waals surface area contributed by atoms with Gasteiger partial charge in [-0.25, -0.2) is 18.1 Å². The van der Waals surface area contributed by atoms with Gasteiger partial charge in [0, 0.05) is 17.5 Å². The lowest BCUT2D eigenvalue weighted by Gasteiger charge is -2.13. The second-order valence-electron chi connectivity index (χ2n) is 4.03. The van der Waals surface area contributed by atoms with Crippen molar-refractivity contribution in [1.29, 1.82) is 0 Å². The van der Waals surface area contributed by atoms with Crippen molar-refractivity contribution in [1.82, 2.24) is 9.71 Å². The van der Waals surface area contributed by atoms with Crippen LogP contribution in [0.1, 0.15) is 12.8 Å². The molecule has 1 N–H and O–H groups in total. The number of rotatable bonds is 5.